The summed E-state index contributed by atoms with van der Waals surface area (Å²) in [4.78, 5) is 3.86. The fourth-order valence-electron chi connectivity index (χ4n) is 1.14. The Balaban J connectivity index is 2.67. The molecule has 2 nitrogen and oxygen atoms in total. The van der Waals surface area contributed by atoms with E-state index < -0.39 is 5.82 Å². The fraction of sp³-hybridized carbons (Fsp3) is 0.500. The second-order valence-corrected chi connectivity index (χ2v) is 4.07. The van der Waals surface area contributed by atoms with Gasteiger partial charge in [0.05, 0.1) is 6.10 Å². The highest BCUT2D eigenvalue weighted by molar-refractivity contribution is 9.10. The maximum Gasteiger partial charge on any atom is 0.250 e. The lowest BCUT2D eigenvalue weighted by molar-refractivity contribution is 0.191. The largest absolute Gasteiger partial charge is 0.473 e. The summed E-state index contributed by atoms with van der Waals surface area (Å²) in [7, 11) is 0. The molecule has 1 atom stereocenters. The summed E-state index contributed by atoms with van der Waals surface area (Å²) in [6.45, 7) is 3.97. The van der Waals surface area contributed by atoms with Crippen molar-refractivity contribution in [2.75, 3.05) is 0 Å². The van der Waals surface area contributed by atoms with Crippen LogP contribution in [0.15, 0.2) is 16.7 Å². The second-order valence-electron chi connectivity index (χ2n) is 3.16. The predicted octanol–water partition coefficient (Wildman–Crippen LogP) is 3.55. The van der Waals surface area contributed by atoms with E-state index in [0.29, 0.717) is 4.47 Å². The van der Waals surface area contributed by atoms with E-state index in [1.165, 1.54) is 12.3 Å². The zero-order valence-electron chi connectivity index (χ0n) is 8.26. The van der Waals surface area contributed by atoms with Gasteiger partial charge in [0, 0.05) is 10.7 Å². The number of hydrogen-bond donors (Lipinski definition) is 0. The molecular formula is C10H13BrFNO. The first-order valence-corrected chi connectivity index (χ1v) is 5.40. The van der Waals surface area contributed by atoms with Crippen molar-refractivity contribution in [3.8, 4) is 5.88 Å². The van der Waals surface area contributed by atoms with Gasteiger partial charge >= 0.3 is 0 Å². The highest BCUT2D eigenvalue weighted by Gasteiger charge is 2.09. The van der Waals surface area contributed by atoms with E-state index in [0.717, 1.165) is 12.8 Å². The van der Waals surface area contributed by atoms with E-state index >= 15 is 0 Å². The summed E-state index contributed by atoms with van der Waals surface area (Å²) in [5.41, 5.74) is 0. The minimum atomic E-state index is -0.428. The van der Waals surface area contributed by atoms with Crippen LogP contribution < -0.4 is 4.74 Å². The summed E-state index contributed by atoms with van der Waals surface area (Å²) in [5, 5.41) is 0. The highest BCUT2D eigenvalue weighted by Crippen LogP contribution is 2.19. The van der Waals surface area contributed by atoms with Crippen molar-refractivity contribution in [1.29, 1.82) is 0 Å². The molecule has 4 heteroatoms. The first-order valence-electron chi connectivity index (χ1n) is 4.61. The Kier molecular flexibility index (Phi) is 4.32. The molecule has 0 fully saturated rings. The zero-order chi connectivity index (χ0) is 10.6. The molecule has 0 bridgehead atoms. The van der Waals surface area contributed by atoms with Crippen LogP contribution in [0.25, 0.3) is 0 Å². The van der Waals surface area contributed by atoms with Crippen molar-refractivity contribution < 1.29 is 9.13 Å². The normalized spacial score (nSPS) is 12.6. The van der Waals surface area contributed by atoms with Crippen molar-refractivity contribution in [1.82, 2.24) is 4.98 Å². The molecule has 0 aromatic carbocycles. The summed E-state index contributed by atoms with van der Waals surface area (Å²) < 4.78 is 19.2. The molecule has 1 unspecified atom stereocenters. The summed E-state index contributed by atoms with van der Waals surface area (Å²) in [6.07, 6.45) is 3.44. The number of ether oxygens (including phenoxy) is 1. The van der Waals surface area contributed by atoms with Crippen molar-refractivity contribution in [3.05, 3.63) is 22.6 Å². The molecule has 0 spiro atoms. The highest BCUT2D eigenvalue weighted by atomic mass is 79.9. The number of hydrogen-bond acceptors (Lipinski definition) is 2. The SMILES string of the molecule is CCCC(C)Oc1ncc(Br)cc1F. The van der Waals surface area contributed by atoms with Crippen LogP contribution in [0.5, 0.6) is 5.88 Å². The van der Waals surface area contributed by atoms with E-state index in [9.17, 15) is 4.39 Å². The molecule has 78 valence electrons. The lowest BCUT2D eigenvalue weighted by atomic mass is 10.2. The summed E-state index contributed by atoms with van der Waals surface area (Å²) in [5.74, 6) is -0.350. The zero-order valence-corrected chi connectivity index (χ0v) is 9.84. The van der Waals surface area contributed by atoms with E-state index in [-0.39, 0.29) is 12.0 Å². The third-order valence-corrected chi connectivity index (χ3v) is 2.22. The van der Waals surface area contributed by atoms with E-state index in [1.807, 2.05) is 6.92 Å². The van der Waals surface area contributed by atoms with Crippen molar-refractivity contribution in [2.24, 2.45) is 0 Å². The van der Waals surface area contributed by atoms with Gasteiger partial charge in [0.2, 0.25) is 0 Å². The first kappa shape index (κ1) is 11.4. The molecule has 0 radical (unpaired) electrons. The van der Waals surface area contributed by atoms with Crippen LogP contribution in [-0.4, -0.2) is 11.1 Å². The van der Waals surface area contributed by atoms with Crippen molar-refractivity contribution in [3.63, 3.8) is 0 Å². The maximum atomic E-state index is 13.2. The van der Waals surface area contributed by atoms with Gasteiger partial charge in [-0.25, -0.2) is 9.37 Å². The standard InChI is InChI=1S/C10H13BrFNO/c1-3-4-7(2)14-10-9(12)5-8(11)6-13-10/h5-7H,3-4H2,1-2H3. The van der Waals surface area contributed by atoms with Crippen LogP contribution >= 0.6 is 15.9 Å². The lowest BCUT2D eigenvalue weighted by Gasteiger charge is -2.12. The first-order chi connectivity index (χ1) is 6.63. The Morgan fingerprint density at radius 2 is 2.36 bits per heavy atom. The molecule has 1 aromatic heterocycles. The average Bonchev–Trinajstić information content (AvgIpc) is 2.10. The number of aromatic nitrogens is 1. The molecule has 1 heterocycles. The smallest absolute Gasteiger partial charge is 0.250 e. The van der Waals surface area contributed by atoms with Crippen LogP contribution in [0.2, 0.25) is 0 Å². The molecule has 14 heavy (non-hydrogen) atoms. The summed E-state index contributed by atoms with van der Waals surface area (Å²) in [6, 6.07) is 1.35. The molecule has 0 aliphatic carbocycles. The van der Waals surface area contributed by atoms with Crippen molar-refractivity contribution >= 4 is 15.9 Å². The van der Waals surface area contributed by atoms with Crippen LogP contribution in [-0.2, 0) is 0 Å². The Bertz CT molecular complexity index is 306. The van der Waals surface area contributed by atoms with Gasteiger partial charge in [-0.15, -0.1) is 0 Å². The minimum absolute atomic E-state index is 0.00294. The van der Waals surface area contributed by atoms with Gasteiger partial charge in [0.1, 0.15) is 0 Å². The monoisotopic (exact) mass is 261 g/mol. The maximum absolute atomic E-state index is 13.2. The second kappa shape index (κ2) is 5.29. The van der Waals surface area contributed by atoms with E-state index in [4.69, 9.17) is 4.74 Å². The number of pyridine rings is 1. The third-order valence-electron chi connectivity index (χ3n) is 1.78. The van der Waals surface area contributed by atoms with Gasteiger partial charge in [-0.3, -0.25) is 0 Å². The molecule has 0 saturated carbocycles. The van der Waals surface area contributed by atoms with Gasteiger partial charge < -0.3 is 4.74 Å². The molecule has 0 aliphatic heterocycles. The molecule has 0 N–H and O–H groups in total. The lowest BCUT2D eigenvalue weighted by Crippen LogP contribution is -2.12. The van der Waals surface area contributed by atoms with Crippen LogP contribution in [0, 0.1) is 5.82 Å². The third kappa shape index (κ3) is 3.25. The molecule has 0 aliphatic rings. The average molecular weight is 262 g/mol. The fourth-order valence-corrected chi connectivity index (χ4v) is 1.45. The van der Waals surface area contributed by atoms with Crippen LogP contribution in [0.4, 0.5) is 4.39 Å². The molecular weight excluding hydrogens is 249 g/mol. The molecule has 1 aromatic rings. The van der Waals surface area contributed by atoms with E-state index in [1.54, 1.807) is 0 Å². The van der Waals surface area contributed by atoms with Gasteiger partial charge in [0.25, 0.3) is 5.88 Å². The number of nitrogens with zero attached hydrogens (tertiary/aromatic N) is 1. The number of halogens is 2. The molecule has 0 amide bonds. The van der Waals surface area contributed by atoms with Gasteiger partial charge in [-0.05, 0) is 35.3 Å². The Labute approximate surface area is 91.6 Å². The number of rotatable bonds is 4. The topological polar surface area (TPSA) is 22.1 Å². The predicted molar refractivity (Wildman–Crippen MR) is 56.9 cm³/mol. The summed E-state index contributed by atoms with van der Waals surface area (Å²) >= 11 is 3.14. The van der Waals surface area contributed by atoms with Crippen LogP contribution in [0.1, 0.15) is 26.7 Å². The van der Waals surface area contributed by atoms with Gasteiger partial charge in [-0.2, -0.15) is 0 Å². The Morgan fingerprint density at radius 3 is 2.93 bits per heavy atom. The minimum Gasteiger partial charge on any atom is -0.473 e. The van der Waals surface area contributed by atoms with Gasteiger partial charge in [0.15, 0.2) is 5.82 Å². The Hall–Kier alpha value is -0.640. The quantitative estimate of drug-likeness (QED) is 0.827. The Morgan fingerprint density at radius 1 is 1.64 bits per heavy atom. The van der Waals surface area contributed by atoms with E-state index in [2.05, 4.69) is 27.8 Å². The molecule has 0 saturated heterocycles. The van der Waals surface area contributed by atoms with Crippen molar-refractivity contribution in [2.45, 2.75) is 32.8 Å². The van der Waals surface area contributed by atoms with Gasteiger partial charge in [-0.1, -0.05) is 13.3 Å². The molecule has 1 rings (SSSR count). The van der Waals surface area contributed by atoms with Crippen LogP contribution in [0.3, 0.4) is 0 Å².